The van der Waals surface area contributed by atoms with Crippen molar-refractivity contribution < 1.29 is 18.7 Å². The van der Waals surface area contributed by atoms with Crippen LogP contribution in [0.5, 0.6) is 11.5 Å². The Morgan fingerprint density at radius 3 is 2.62 bits per heavy atom. The van der Waals surface area contributed by atoms with E-state index in [4.69, 9.17) is 13.9 Å². The first-order chi connectivity index (χ1) is 10.1. The van der Waals surface area contributed by atoms with Gasteiger partial charge in [-0.15, -0.1) is 10.2 Å². The van der Waals surface area contributed by atoms with Crippen molar-refractivity contribution in [1.29, 1.82) is 0 Å². The monoisotopic (exact) mass is 291 g/mol. The largest absolute Gasteiger partial charge is 0.493 e. The number of carbonyl (C=O) groups excluding carboxylic acids is 1. The molecule has 0 bridgehead atoms. The lowest BCUT2D eigenvalue weighted by atomic mass is 10.2. The number of aryl methyl sites for hydroxylation is 1. The highest BCUT2D eigenvalue weighted by Crippen LogP contribution is 2.27. The Balaban J connectivity index is 1.93. The van der Waals surface area contributed by atoms with Crippen molar-refractivity contribution >= 4 is 5.91 Å². The molecule has 0 radical (unpaired) electrons. The smallest absolute Gasteiger partial charge is 0.251 e. The van der Waals surface area contributed by atoms with Gasteiger partial charge in [-0.25, -0.2) is 0 Å². The van der Waals surface area contributed by atoms with E-state index in [1.54, 1.807) is 32.2 Å². The SMILES string of the molecule is COc1ccc(C(=O)NCCc2nnc(C)o2)cc1OC. The molecule has 0 spiro atoms. The Bertz CT molecular complexity index is 624. The van der Waals surface area contributed by atoms with Gasteiger partial charge in [0.1, 0.15) is 0 Å². The third-order valence-corrected chi connectivity index (χ3v) is 2.84. The van der Waals surface area contributed by atoms with Crippen LogP contribution in [0.1, 0.15) is 22.1 Å². The third kappa shape index (κ3) is 3.71. The van der Waals surface area contributed by atoms with E-state index in [0.29, 0.717) is 41.8 Å². The zero-order chi connectivity index (χ0) is 15.2. The van der Waals surface area contributed by atoms with Crippen molar-refractivity contribution in [3.63, 3.8) is 0 Å². The number of rotatable bonds is 6. The van der Waals surface area contributed by atoms with Gasteiger partial charge in [0.05, 0.1) is 14.2 Å². The van der Waals surface area contributed by atoms with Gasteiger partial charge in [0.2, 0.25) is 11.8 Å². The summed E-state index contributed by atoms with van der Waals surface area (Å²) in [5, 5.41) is 10.4. The lowest BCUT2D eigenvalue weighted by Crippen LogP contribution is -2.25. The van der Waals surface area contributed by atoms with Crippen LogP contribution in [0.15, 0.2) is 22.6 Å². The molecular formula is C14H17N3O4. The molecule has 1 heterocycles. The van der Waals surface area contributed by atoms with Crippen LogP contribution in [0.4, 0.5) is 0 Å². The van der Waals surface area contributed by atoms with Crippen molar-refractivity contribution in [3.05, 3.63) is 35.5 Å². The molecule has 1 N–H and O–H groups in total. The number of carbonyl (C=O) groups is 1. The Morgan fingerprint density at radius 2 is 2.00 bits per heavy atom. The first-order valence-corrected chi connectivity index (χ1v) is 6.43. The number of benzene rings is 1. The van der Waals surface area contributed by atoms with Gasteiger partial charge in [0.15, 0.2) is 11.5 Å². The Labute approximate surface area is 122 Å². The first kappa shape index (κ1) is 14.8. The van der Waals surface area contributed by atoms with E-state index >= 15 is 0 Å². The summed E-state index contributed by atoms with van der Waals surface area (Å²) in [6, 6.07) is 4.99. The van der Waals surface area contributed by atoms with Crippen LogP contribution in [0.2, 0.25) is 0 Å². The number of methoxy groups -OCH3 is 2. The van der Waals surface area contributed by atoms with Crippen LogP contribution in [-0.4, -0.2) is 36.9 Å². The van der Waals surface area contributed by atoms with E-state index in [1.165, 1.54) is 7.11 Å². The first-order valence-electron chi connectivity index (χ1n) is 6.43. The van der Waals surface area contributed by atoms with E-state index in [2.05, 4.69) is 15.5 Å². The molecule has 2 aromatic rings. The Hall–Kier alpha value is -2.57. The molecule has 0 unspecified atom stereocenters. The molecule has 0 atom stereocenters. The Kier molecular flexibility index (Phi) is 4.76. The van der Waals surface area contributed by atoms with Gasteiger partial charge in [-0.2, -0.15) is 0 Å². The van der Waals surface area contributed by atoms with Crippen molar-refractivity contribution in [2.45, 2.75) is 13.3 Å². The van der Waals surface area contributed by atoms with E-state index < -0.39 is 0 Å². The number of nitrogens with zero attached hydrogens (tertiary/aromatic N) is 2. The third-order valence-electron chi connectivity index (χ3n) is 2.84. The van der Waals surface area contributed by atoms with Gasteiger partial charge in [-0.3, -0.25) is 4.79 Å². The highest BCUT2D eigenvalue weighted by atomic mass is 16.5. The minimum atomic E-state index is -0.202. The molecule has 0 fully saturated rings. The molecule has 0 saturated carbocycles. The van der Waals surface area contributed by atoms with Crippen LogP contribution < -0.4 is 14.8 Å². The van der Waals surface area contributed by atoms with Crippen LogP contribution >= 0.6 is 0 Å². The molecule has 1 amide bonds. The molecule has 7 heteroatoms. The Morgan fingerprint density at radius 1 is 1.24 bits per heavy atom. The number of nitrogens with one attached hydrogen (secondary N) is 1. The van der Waals surface area contributed by atoms with Crippen molar-refractivity contribution in [3.8, 4) is 11.5 Å². The van der Waals surface area contributed by atoms with Crippen molar-refractivity contribution in [2.24, 2.45) is 0 Å². The van der Waals surface area contributed by atoms with Gasteiger partial charge in [0, 0.05) is 25.5 Å². The maximum absolute atomic E-state index is 12.0. The second-order valence-electron chi connectivity index (χ2n) is 4.29. The number of aromatic nitrogens is 2. The number of amides is 1. The van der Waals surface area contributed by atoms with Crippen LogP contribution in [0, 0.1) is 6.92 Å². The summed E-state index contributed by atoms with van der Waals surface area (Å²) in [6.45, 7) is 2.13. The average molecular weight is 291 g/mol. The van der Waals surface area contributed by atoms with Crippen molar-refractivity contribution in [2.75, 3.05) is 20.8 Å². The van der Waals surface area contributed by atoms with Gasteiger partial charge in [-0.05, 0) is 18.2 Å². The van der Waals surface area contributed by atoms with Gasteiger partial charge >= 0.3 is 0 Å². The van der Waals surface area contributed by atoms with Crippen LogP contribution in [0.25, 0.3) is 0 Å². The van der Waals surface area contributed by atoms with Crippen molar-refractivity contribution in [1.82, 2.24) is 15.5 Å². The summed E-state index contributed by atoms with van der Waals surface area (Å²) < 4.78 is 15.5. The summed E-state index contributed by atoms with van der Waals surface area (Å²) in [5.41, 5.74) is 0.495. The highest BCUT2D eigenvalue weighted by Gasteiger charge is 2.11. The summed E-state index contributed by atoms with van der Waals surface area (Å²) in [4.78, 5) is 12.0. The zero-order valence-corrected chi connectivity index (χ0v) is 12.2. The lowest BCUT2D eigenvalue weighted by molar-refractivity contribution is 0.0953. The number of hydrogen-bond acceptors (Lipinski definition) is 6. The fraction of sp³-hybridized carbons (Fsp3) is 0.357. The molecule has 0 aliphatic carbocycles. The summed E-state index contributed by atoms with van der Waals surface area (Å²) in [5.74, 6) is 1.90. The lowest BCUT2D eigenvalue weighted by Gasteiger charge is -2.09. The van der Waals surface area contributed by atoms with Crippen LogP contribution in [-0.2, 0) is 6.42 Å². The fourth-order valence-corrected chi connectivity index (χ4v) is 1.80. The minimum absolute atomic E-state index is 0.202. The second-order valence-corrected chi connectivity index (χ2v) is 4.29. The average Bonchev–Trinajstić information content (AvgIpc) is 2.91. The summed E-state index contributed by atoms with van der Waals surface area (Å²) >= 11 is 0. The van der Waals surface area contributed by atoms with Crippen LogP contribution in [0.3, 0.4) is 0 Å². The zero-order valence-electron chi connectivity index (χ0n) is 12.2. The molecule has 0 saturated heterocycles. The summed E-state index contributed by atoms with van der Waals surface area (Å²) in [7, 11) is 3.07. The number of ether oxygens (including phenoxy) is 2. The van der Waals surface area contributed by atoms with Gasteiger partial charge in [-0.1, -0.05) is 0 Å². The normalized spacial score (nSPS) is 10.2. The summed E-state index contributed by atoms with van der Waals surface area (Å²) in [6.07, 6.45) is 0.486. The minimum Gasteiger partial charge on any atom is -0.493 e. The molecule has 2 rings (SSSR count). The molecular weight excluding hydrogens is 274 g/mol. The number of hydrogen-bond donors (Lipinski definition) is 1. The molecule has 7 nitrogen and oxygen atoms in total. The molecule has 21 heavy (non-hydrogen) atoms. The van der Waals surface area contributed by atoms with Gasteiger partial charge in [0.25, 0.3) is 5.91 Å². The standard InChI is InChI=1S/C14H17N3O4/c1-9-16-17-13(21-9)6-7-15-14(18)10-4-5-11(19-2)12(8-10)20-3/h4-5,8H,6-7H2,1-3H3,(H,15,18). The maximum atomic E-state index is 12.0. The predicted octanol–water partition coefficient (Wildman–Crippen LogP) is 1.37. The van der Waals surface area contributed by atoms with E-state index in [-0.39, 0.29) is 5.91 Å². The topological polar surface area (TPSA) is 86.5 Å². The van der Waals surface area contributed by atoms with Gasteiger partial charge < -0.3 is 19.2 Å². The van der Waals surface area contributed by atoms with E-state index in [9.17, 15) is 4.79 Å². The molecule has 112 valence electrons. The quantitative estimate of drug-likeness (QED) is 0.865. The molecule has 0 aliphatic heterocycles. The highest BCUT2D eigenvalue weighted by molar-refractivity contribution is 5.94. The predicted molar refractivity (Wildman–Crippen MR) is 74.6 cm³/mol. The molecule has 0 aliphatic rings. The van der Waals surface area contributed by atoms with E-state index in [0.717, 1.165) is 0 Å². The van der Waals surface area contributed by atoms with E-state index in [1.807, 2.05) is 0 Å². The maximum Gasteiger partial charge on any atom is 0.251 e. The fourth-order valence-electron chi connectivity index (χ4n) is 1.80. The second kappa shape index (κ2) is 6.74. The molecule has 1 aromatic heterocycles. The molecule has 1 aromatic carbocycles.